The highest BCUT2D eigenvalue weighted by molar-refractivity contribution is 7.89. The molecule has 0 aliphatic carbocycles. The molecule has 6 rings (SSSR count). The Morgan fingerprint density at radius 1 is 0.930 bits per heavy atom. The van der Waals surface area contributed by atoms with Crippen LogP contribution in [0.4, 0.5) is 0 Å². The van der Waals surface area contributed by atoms with Gasteiger partial charge in [0.05, 0.1) is 23.6 Å². The van der Waals surface area contributed by atoms with Crippen molar-refractivity contribution < 1.29 is 27.4 Å². The second-order valence-corrected chi connectivity index (χ2v) is 13.4. The summed E-state index contributed by atoms with van der Waals surface area (Å²) in [4.78, 5) is 14.1. The molecular formula is C35H37NO6S. The Labute approximate surface area is 253 Å². The van der Waals surface area contributed by atoms with Gasteiger partial charge in [-0.15, -0.1) is 0 Å². The minimum absolute atomic E-state index is 0.0460. The number of benzene rings is 3. The highest BCUT2D eigenvalue weighted by Gasteiger charge is 2.71. The third-order valence-corrected chi connectivity index (χ3v) is 10.6. The molecule has 3 aliphatic rings. The maximum Gasteiger partial charge on any atom is 0.325 e. The van der Waals surface area contributed by atoms with Gasteiger partial charge in [0.1, 0.15) is 18.2 Å². The number of hydrogen-bond donors (Lipinski definition) is 0. The van der Waals surface area contributed by atoms with Gasteiger partial charge in [-0.3, -0.25) is 4.79 Å². The number of esters is 1. The number of fused-ring (bicyclic) bond motifs is 1. The number of carbonyl (C=O) groups is 1. The van der Waals surface area contributed by atoms with Crippen LogP contribution in [0.5, 0.6) is 0 Å². The predicted octanol–water partition coefficient (Wildman–Crippen LogP) is 5.75. The van der Waals surface area contributed by atoms with E-state index in [4.69, 9.17) is 14.2 Å². The number of carbonyl (C=O) groups excluding carboxylic acids is 1. The van der Waals surface area contributed by atoms with Crippen molar-refractivity contribution in [3.63, 3.8) is 0 Å². The average molecular weight is 600 g/mol. The van der Waals surface area contributed by atoms with E-state index in [9.17, 15) is 13.2 Å². The first kappa shape index (κ1) is 29.5. The van der Waals surface area contributed by atoms with Gasteiger partial charge in [0.15, 0.2) is 0 Å². The smallest absolute Gasteiger partial charge is 0.325 e. The molecule has 5 atom stereocenters. The molecule has 3 aromatic rings. The second kappa shape index (κ2) is 12.2. The molecule has 0 N–H and O–H groups in total. The van der Waals surface area contributed by atoms with Gasteiger partial charge in [0, 0.05) is 12.5 Å². The van der Waals surface area contributed by atoms with Crippen LogP contribution in [0.1, 0.15) is 36.0 Å². The molecule has 7 nitrogen and oxygen atoms in total. The second-order valence-electron chi connectivity index (χ2n) is 11.5. The number of unbranched alkanes of at least 4 members (excludes halogenated alkanes) is 1. The van der Waals surface area contributed by atoms with Crippen LogP contribution in [-0.2, 0) is 42.2 Å². The van der Waals surface area contributed by atoms with E-state index in [0.717, 1.165) is 23.1 Å². The highest BCUT2D eigenvalue weighted by atomic mass is 32.2. The number of nitrogens with zero attached hydrogens (tertiary/aromatic N) is 1. The minimum Gasteiger partial charge on any atom is -0.460 e. The number of sulfonamides is 1. The number of hydrogen-bond acceptors (Lipinski definition) is 6. The zero-order valence-corrected chi connectivity index (χ0v) is 25.1. The molecule has 2 fully saturated rings. The first-order chi connectivity index (χ1) is 20.8. The third kappa shape index (κ3) is 5.60. The summed E-state index contributed by atoms with van der Waals surface area (Å²) in [5.41, 5.74) is 2.60. The van der Waals surface area contributed by atoms with Gasteiger partial charge < -0.3 is 14.2 Å². The van der Waals surface area contributed by atoms with E-state index in [0.29, 0.717) is 31.6 Å². The lowest BCUT2D eigenvalue weighted by Crippen LogP contribution is -2.49. The van der Waals surface area contributed by atoms with Gasteiger partial charge >= 0.3 is 5.97 Å². The SMILES string of the molecule is C=C1C2C=CC3(O2)C1C(C(=O)OCc1ccccc1)N(S(=O)(=O)c1ccc(C)cc1)C3CCCCOCc1ccccc1. The molecule has 3 heterocycles. The maximum atomic E-state index is 14.4. The minimum atomic E-state index is -4.11. The van der Waals surface area contributed by atoms with Crippen LogP contribution < -0.4 is 0 Å². The van der Waals surface area contributed by atoms with E-state index in [2.05, 4.69) is 6.58 Å². The number of rotatable bonds is 12. The standard InChI is InChI=1S/C35H37NO6S/c1-25-16-18-29(19-17-25)43(38,39)36-31(15-9-10-22-40-23-27-11-5-3-6-12-27)35-21-20-30(42-35)26(2)32(35)33(36)34(37)41-24-28-13-7-4-8-14-28/h3-8,11-14,16-21,30-33H,2,9-10,15,22-24H2,1H3. The summed E-state index contributed by atoms with van der Waals surface area (Å²) in [7, 11) is -4.11. The van der Waals surface area contributed by atoms with Crippen molar-refractivity contribution in [1.82, 2.24) is 4.31 Å². The van der Waals surface area contributed by atoms with Crippen LogP contribution in [-0.4, -0.2) is 49.1 Å². The van der Waals surface area contributed by atoms with Gasteiger partial charge in [-0.2, -0.15) is 4.31 Å². The van der Waals surface area contributed by atoms with Gasteiger partial charge in [-0.05, 0) is 55.0 Å². The van der Waals surface area contributed by atoms with Crippen molar-refractivity contribution in [2.24, 2.45) is 5.92 Å². The summed E-state index contributed by atoms with van der Waals surface area (Å²) < 4.78 is 48.5. The van der Waals surface area contributed by atoms with E-state index in [1.54, 1.807) is 24.3 Å². The lowest BCUT2D eigenvalue weighted by Gasteiger charge is -2.33. The van der Waals surface area contributed by atoms with Crippen molar-refractivity contribution in [2.45, 2.75) is 68.1 Å². The van der Waals surface area contributed by atoms with Crippen LogP contribution in [0, 0.1) is 12.8 Å². The third-order valence-electron chi connectivity index (χ3n) is 8.72. The predicted molar refractivity (Wildman–Crippen MR) is 163 cm³/mol. The normalized spacial score (nSPS) is 26.1. The Balaban J connectivity index is 1.28. The largest absolute Gasteiger partial charge is 0.460 e. The van der Waals surface area contributed by atoms with Crippen molar-refractivity contribution in [2.75, 3.05) is 6.61 Å². The fourth-order valence-corrected chi connectivity index (χ4v) is 8.46. The van der Waals surface area contributed by atoms with E-state index in [-0.39, 0.29) is 17.6 Å². The summed E-state index contributed by atoms with van der Waals surface area (Å²) in [6, 6.07) is 24.4. The zero-order chi connectivity index (χ0) is 30.0. The van der Waals surface area contributed by atoms with Crippen molar-refractivity contribution in [3.8, 4) is 0 Å². The molecular weight excluding hydrogens is 562 g/mol. The van der Waals surface area contributed by atoms with Crippen LogP contribution in [0.25, 0.3) is 0 Å². The quantitative estimate of drug-likeness (QED) is 0.150. The van der Waals surface area contributed by atoms with E-state index >= 15 is 0 Å². The first-order valence-corrected chi connectivity index (χ1v) is 16.2. The molecule has 0 aromatic heterocycles. The summed E-state index contributed by atoms with van der Waals surface area (Å²) in [6.45, 7) is 7.30. The Kier molecular flexibility index (Phi) is 8.38. The average Bonchev–Trinajstić information content (AvgIpc) is 3.67. The summed E-state index contributed by atoms with van der Waals surface area (Å²) >= 11 is 0. The number of aryl methyl sites for hydroxylation is 1. The van der Waals surface area contributed by atoms with E-state index in [1.165, 1.54) is 4.31 Å². The molecule has 224 valence electrons. The molecule has 0 radical (unpaired) electrons. The Morgan fingerprint density at radius 2 is 1.58 bits per heavy atom. The van der Waals surface area contributed by atoms with Gasteiger partial charge in [0.2, 0.25) is 10.0 Å². The van der Waals surface area contributed by atoms with Crippen LogP contribution in [0.2, 0.25) is 0 Å². The first-order valence-electron chi connectivity index (χ1n) is 14.8. The van der Waals surface area contributed by atoms with Crippen LogP contribution in [0.3, 0.4) is 0 Å². The van der Waals surface area contributed by atoms with E-state index < -0.39 is 39.6 Å². The van der Waals surface area contributed by atoms with Crippen molar-refractivity contribution in [3.05, 3.63) is 126 Å². The Hall–Kier alpha value is -3.56. The van der Waals surface area contributed by atoms with Crippen LogP contribution in [0.15, 0.2) is 114 Å². The van der Waals surface area contributed by atoms with E-state index in [1.807, 2.05) is 79.7 Å². The summed E-state index contributed by atoms with van der Waals surface area (Å²) in [5, 5.41) is 0. The molecule has 43 heavy (non-hydrogen) atoms. The topological polar surface area (TPSA) is 82.1 Å². The van der Waals surface area contributed by atoms with Gasteiger partial charge in [-0.25, -0.2) is 8.42 Å². The summed E-state index contributed by atoms with van der Waals surface area (Å²) in [5.74, 6) is -1.14. The fraction of sp³-hybridized carbons (Fsp3) is 0.343. The molecule has 8 heteroatoms. The lowest BCUT2D eigenvalue weighted by atomic mass is 9.75. The van der Waals surface area contributed by atoms with Crippen molar-refractivity contribution in [1.29, 1.82) is 0 Å². The molecule has 3 aromatic carbocycles. The van der Waals surface area contributed by atoms with Gasteiger partial charge in [-0.1, -0.05) is 97.1 Å². The molecule has 3 aliphatic heterocycles. The molecule has 2 bridgehead atoms. The molecule has 0 saturated carbocycles. The Morgan fingerprint density at radius 3 is 2.26 bits per heavy atom. The summed E-state index contributed by atoms with van der Waals surface area (Å²) in [6.07, 6.45) is 5.45. The monoisotopic (exact) mass is 599 g/mol. The maximum absolute atomic E-state index is 14.4. The Bertz CT molecular complexity index is 1590. The number of ether oxygens (including phenoxy) is 3. The molecule has 5 unspecified atom stereocenters. The highest BCUT2D eigenvalue weighted by Crippen LogP contribution is 2.58. The lowest BCUT2D eigenvalue weighted by molar-refractivity contribution is -0.150. The van der Waals surface area contributed by atoms with Crippen LogP contribution >= 0.6 is 0 Å². The molecule has 1 spiro atoms. The fourth-order valence-electron chi connectivity index (χ4n) is 6.63. The molecule has 0 amide bonds. The van der Waals surface area contributed by atoms with Crippen molar-refractivity contribution >= 4 is 16.0 Å². The van der Waals surface area contributed by atoms with Gasteiger partial charge in [0.25, 0.3) is 0 Å². The molecule has 2 saturated heterocycles. The zero-order valence-electron chi connectivity index (χ0n) is 24.3.